The van der Waals surface area contributed by atoms with Gasteiger partial charge in [-0.15, -0.1) is 0 Å². The first-order chi connectivity index (χ1) is 11.9. The number of nitrogens with zero attached hydrogens (tertiary/aromatic N) is 1. The van der Waals surface area contributed by atoms with Crippen molar-refractivity contribution in [3.8, 4) is 0 Å². The van der Waals surface area contributed by atoms with E-state index in [4.69, 9.17) is 5.14 Å². The number of aryl methyl sites for hydroxylation is 1. The fraction of sp³-hybridized carbons (Fsp3) is 0.278. The Kier molecular flexibility index (Phi) is 6.55. The first kappa shape index (κ1) is 19.0. The molecule has 0 aliphatic carbocycles. The van der Waals surface area contributed by atoms with Gasteiger partial charge in [0.05, 0.1) is 11.4 Å². The van der Waals surface area contributed by atoms with Crippen LogP contribution in [0.15, 0.2) is 58.4 Å². The third-order valence-corrected chi connectivity index (χ3v) is 4.65. The number of hydrogen-bond acceptors (Lipinski definition) is 3. The molecule has 0 fully saturated rings. The van der Waals surface area contributed by atoms with Gasteiger partial charge in [0.2, 0.25) is 10.0 Å². The van der Waals surface area contributed by atoms with Gasteiger partial charge in [-0.25, -0.2) is 18.5 Å². The number of guanidine groups is 1. The highest BCUT2D eigenvalue weighted by molar-refractivity contribution is 7.89. The molecule has 2 aromatic rings. The topological polar surface area (TPSA) is 96.6 Å². The lowest BCUT2D eigenvalue weighted by molar-refractivity contribution is 0.598. The molecule has 2 aromatic carbocycles. The first-order valence-corrected chi connectivity index (χ1v) is 9.63. The van der Waals surface area contributed by atoms with Gasteiger partial charge in [-0.2, -0.15) is 0 Å². The summed E-state index contributed by atoms with van der Waals surface area (Å²) in [6.07, 6.45) is 0. The molecule has 7 heteroatoms. The summed E-state index contributed by atoms with van der Waals surface area (Å²) in [6, 6.07) is 14.6. The van der Waals surface area contributed by atoms with Crippen molar-refractivity contribution in [3.63, 3.8) is 0 Å². The maximum Gasteiger partial charge on any atom is 0.238 e. The molecule has 2 rings (SSSR count). The van der Waals surface area contributed by atoms with Gasteiger partial charge in [0.1, 0.15) is 0 Å². The fourth-order valence-corrected chi connectivity index (χ4v) is 2.80. The van der Waals surface area contributed by atoms with Gasteiger partial charge in [0, 0.05) is 13.1 Å². The zero-order valence-corrected chi connectivity index (χ0v) is 15.3. The zero-order chi connectivity index (χ0) is 18.3. The lowest BCUT2D eigenvalue weighted by Gasteiger charge is -2.12. The van der Waals surface area contributed by atoms with Gasteiger partial charge in [-0.3, -0.25) is 0 Å². The number of primary sulfonamides is 1. The van der Waals surface area contributed by atoms with E-state index in [9.17, 15) is 8.42 Å². The number of nitrogens with one attached hydrogen (secondary N) is 2. The molecule has 0 amide bonds. The highest BCUT2D eigenvalue weighted by Gasteiger charge is 2.06. The summed E-state index contributed by atoms with van der Waals surface area (Å²) in [5.41, 5.74) is 3.34. The second-order valence-corrected chi connectivity index (χ2v) is 7.23. The van der Waals surface area contributed by atoms with Crippen molar-refractivity contribution in [3.05, 3.63) is 65.2 Å². The van der Waals surface area contributed by atoms with Gasteiger partial charge in [0.15, 0.2) is 5.96 Å². The average Bonchev–Trinajstić information content (AvgIpc) is 2.58. The predicted octanol–water partition coefficient (Wildman–Crippen LogP) is 1.90. The predicted molar refractivity (Wildman–Crippen MR) is 101 cm³/mol. The first-order valence-electron chi connectivity index (χ1n) is 8.08. The van der Waals surface area contributed by atoms with Crippen LogP contribution in [0.3, 0.4) is 0 Å². The van der Waals surface area contributed by atoms with Crippen molar-refractivity contribution in [1.29, 1.82) is 0 Å². The van der Waals surface area contributed by atoms with E-state index in [0.29, 0.717) is 19.0 Å². The Hall–Kier alpha value is -2.38. The van der Waals surface area contributed by atoms with Crippen LogP contribution in [0.5, 0.6) is 0 Å². The van der Waals surface area contributed by atoms with Crippen molar-refractivity contribution in [2.24, 2.45) is 10.1 Å². The van der Waals surface area contributed by atoms with E-state index >= 15 is 0 Å². The zero-order valence-electron chi connectivity index (χ0n) is 14.5. The summed E-state index contributed by atoms with van der Waals surface area (Å²) in [7, 11) is -3.66. The maximum absolute atomic E-state index is 11.3. The van der Waals surface area contributed by atoms with Gasteiger partial charge >= 0.3 is 0 Å². The third kappa shape index (κ3) is 5.88. The van der Waals surface area contributed by atoms with Gasteiger partial charge in [-0.05, 0) is 42.7 Å². The molecule has 0 aromatic heterocycles. The third-order valence-electron chi connectivity index (χ3n) is 3.72. The van der Waals surface area contributed by atoms with Crippen molar-refractivity contribution >= 4 is 16.0 Å². The van der Waals surface area contributed by atoms with Crippen LogP contribution in [-0.4, -0.2) is 20.9 Å². The molecule has 0 aliphatic rings. The second kappa shape index (κ2) is 8.64. The number of aliphatic imine (C=N–C) groups is 1. The smallest absolute Gasteiger partial charge is 0.238 e. The van der Waals surface area contributed by atoms with Crippen LogP contribution in [0.1, 0.15) is 23.6 Å². The lowest BCUT2D eigenvalue weighted by atomic mass is 10.1. The summed E-state index contributed by atoms with van der Waals surface area (Å²) in [5.74, 6) is 0.710. The van der Waals surface area contributed by atoms with E-state index in [1.165, 1.54) is 23.3 Å². The summed E-state index contributed by atoms with van der Waals surface area (Å²) in [6.45, 7) is 5.96. The highest BCUT2D eigenvalue weighted by atomic mass is 32.2. The van der Waals surface area contributed by atoms with Crippen LogP contribution >= 0.6 is 0 Å². The van der Waals surface area contributed by atoms with E-state index in [0.717, 1.165) is 12.1 Å². The minimum absolute atomic E-state index is 0.102. The molecule has 0 atom stereocenters. The Morgan fingerprint density at radius 1 is 1.08 bits per heavy atom. The SMILES string of the molecule is CCNC(=NCc1ccc(S(N)(=O)=O)cc1)NCc1ccccc1C. The van der Waals surface area contributed by atoms with Crippen molar-refractivity contribution < 1.29 is 8.42 Å². The molecule has 134 valence electrons. The quantitative estimate of drug-likeness (QED) is 0.541. The van der Waals surface area contributed by atoms with Gasteiger partial charge < -0.3 is 10.6 Å². The molecular formula is C18H24N4O2S. The summed E-state index contributed by atoms with van der Waals surface area (Å²) < 4.78 is 22.5. The Labute approximate surface area is 149 Å². The average molecular weight is 360 g/mol. The molecule has 0 aliphatic heterocycles. The molecule has 0 radical (unpaired) electrons. The number of nitrogens with two attached hydrogens (primary N) is 1. The highest BCUT2D eigenvalue weighted by Crippen LogP contribution is 2.10. The van der Waals surface area contributed by atoms with E-state index in [-0.39, 0.29) is 4.90 Å². The number of rotatable bonds is 6. The van der Waals surface area contributed by atoms with Crippen molar-refractivity contribution in [2.45, 2.75) is 31.8 Å². The molecular weight excluding hydrogens is 336 g/mol. The van der Waals surface area contributed by atoms with Gasteiger partial charge in [0.25, 0.3) is 0 Å². The second-order valence-electron chi connectivity index (χ2n) is 5.66. The summed E-state index contributed by atoms with van der Waals surface area (Å²) >= 11 is 0. The molecule has 0 spiro atoms. The molecule has 0 unspecified atom stereocenters. The van der Waals surface area contributed by atoms with Crippen LogP contribution in [0.25, 0.3) is 0 Å². The minimum atomic E-state index is -3.66. The normalized spacial score (nSPS) is 12.0. The van der Waals surface area contributed by atoms with Gasteiger partial charge in [-0.1, -0.05) is 36.4 Å². The number of sulfonamides is 1. The van der Waals surface area contributed by atoms with Crippen LogP contribution in [-0.2, 0) is 23.1 Å². The Bertz CT molecular complexity index is 830. The van der Waals surface area contributed by atoms with Crippen molar-refractivity contribution in [2.75, 3.05) is 6.54 Å². The number of hydrogen-bond donors (Lipinski definition) is 3. The standard InChI is InChI=1S/C18H24N4O2S/c1-3-20-18(22-13-16-7-5-4-6-14(16)2)21-12-15-8-10-17(11-9-15)25(19,23)24/h4-11H,3,12-13H2,1-2H3,(H2,19,23,24)(H2,20,21,22). The van der Waals surface area contributed by atoms with Crippen molar-refractivity contribution in [1.82, 2.24) is 10.6 Å². The Morgan fingerprint density at radius 3 is 2.36 bits per heavy atom. The fourth-order valence-electron chi connectivity index (χ4n) is 2.28. The van der Waals surface area contributed by atoms with E-state index in [1.54, 1.807) is 12.1 Å². The molecule has 0 heterocycles. The summed E-state index contributed by atoms with van der Waals surface area (Å²) in [5, 5.41) is 11.6. The number of benzene rings is 2. The Balaban J connectivity index is 2.03. The molecule has 6 nitrogen and oxygen atoms in total. The minimum Gasteiger partial charge on any atom is -0.357 e. The van der Waals surface area contributed by atoms with Crippen LogP contribution in [0.2, 0.25) is 0 Å². The maximum atomic E-state index is 11.3. The van der Waals surface area contributed by atoms with E-state index in [1.807, 2.05) is 19.1 Å². The largest absolute Gasteiger partial charge is 0.357 e. The molecule has 0 saturated carbocycles. The molecule has 0 saturated heterocycles. The van der Waals surface area contributed by atoms with Crippen LogP contribution < -0.4 is 15.8 Å². The monoisotopic (exact) mass is 360 g/mol. The molecule has 0 bridgehead atoms. The van der Waals surface area contributed by atoms with Crippen LogP contribution in [0, 0.1) is 6.92 Å². The molecule has 25 heavy (non-hydrogen) atoms. The van der Waals surface area contributed by atoms with E-state index in [2.05, 4.69) is 34.7 Å². The molecule has 4 N–H and O–H groups in total. The summed E-state index contributed by atoms with van der Waals surface area (Å²) in [4.78, 5) is 4.64. The Morgan fingerprint density at radius 2 is 1.76 bits per heavy atom. The lowest BCUT2D eigenvalue weighted by Crippen LogP contribution is -2.36. The van der Waals surface area contributed by atoms with E-state index < -0.39 is 10.0 Å². The van der Waals surface area contributed by atoms with Crippen LogP contribution in [0.4, 0.5) is 0 Å².